The van der Waals surface area contributed by atoms with Crippen LogP contribution < -0.4 is 0 Å². The Bertz CT molecular complexity index is 368. The van der Waals surface area contributed by atoms with Crippen LogP contribution in [0.2, 0.25) is 0 Å². The van der Waals surface area contributed by atoms with Crippen LogP contribution >= 0.6 is 0 Å². The lowest BCUT2D eigenvalue weighted by Gasteiger charge is -2.19. The highest BCUT2D eigenvalue weighted by Gasteiger charge is 2.16. The van der Waals surface area contributed by atoms with Gasteiger partial charge in [0.15, 0.2) is 12.4 Å². The summed E-state index contributed by atoms with van der Waals surface area (Å²) in [7, 11) is 6.41. The van der Waals surface area contributed by atoms with Crippen molar-refractivity contribution < 1.29 is 23.9 Å². The highest BCUT2D eigenvalue weighted by atomic mass is 16.6. The summed E-state index contributed by atoms with van der Waals surface area (Å²) >= 11 is 0. The predicted octanol–water partition coefficient (Wildman–Crippen LogP) is 0.693. The molecule has 7 heteroatoms. The summed E-state index contributed by atoms with van der Waals surface area (Å²) in [4.78, 5) is 36.6. The fraction of sp³-hybridized carbons (Fsp3) is 0.643. The van der Waals surface area contributed by atoms with E-state index in [1.807, 2.05) is 0 Å². The molecule has 0 aromatic rings. The van der Waals surface area contributed by atoms with Crippen molar-refractivity contribution in [2.45, 2.75) is 18.9 Å². The van der Waals surface area contributed by atoms with Crippen LogP contribution in [0.25, 0.3) is 0 Å². The van der Waals surface area contributed by atoms with Crippen LogP contribution in [-0.2, 0) is 19.1 Å². The van der Waals surface area contributed by atoms with Gasteiger partial charge in [0.05, 0.1) is 6.61 Å². The first-order valence-corrected chi connectivity index (χ1v) is 6.66. The van der Waals surface area contributed by atoms with Crippen LogP contribution in [0.15, 0.2) is 12.2 Å². The van der Waals surface area contributed by atoms with Crippen LogP contribution in [0.3, 0.4) is 0 Å². The number of hydrogen-bond acceptors (Lipinski definition) is 5. The van der Waals surface area contributed by atoms with E-state index in [0.717, 1.165) is 0 Å². The molecule has 0 spiro atoms. The van der Waals surface area contributed by atoms with Crippen molar-refractivity contribution in [2.75, 3.05) is 41.4 Å². The van der Waals surface area contributed by atoms with Gasteiger partial charge in [0.2, 0.25) is 5.91 Å². The summed E-state index contributed by atoms with van der Waals surface area (Å²) in [6.07, 6.45) is 3.08. The highest BCUT2D eigenvalue weighted by molar-refractivity contribution is 5.87. The Morgan fingerprint density at radius 3 is 2.43 bits per heavy atom. The zero-order chi connectivity index (χ0) is 16.3. The van der Waals surface area contributed by atoms with Crippen molar-refractivity contribution in [3.05, 3.63) is 12.2 Å². The third-order valence-electron chi connectivity index (χ3n) is 2.67. The number of nitrogens with zero attached hydrogens (tertiary/aromatic N) is 2. The second kappa shape index (κ2) is 10.8. The van der Waals surface area contributed by atoms with E-state index in [4.69, 9.17) is 9.47 Å². The fourth-order valence-corrected chi connectivity index (χ4v) is 1.29. The Hall–Kier alpha value is -1.89. The Morgan fingerprint density at radius 2 is 1.90 bits per heavy atom. The highest BCUT2D eigenvalue weighted by Crippen LogP contribution is 2.04. The van der Waals surface area contributed by atoms with E-state index < -0.39 is 12.2 Å². The molecule has 2 amide bonds. The van der Waals surface area contributed by atoms with E-state index in [1.54, 1.807) is 27.2 Å². The van der Waals surface area contributed by atoms with E-state index in [1.165, 1.54) is 23.0 Å². The number of hydrogen-bond donors (Lipinski definition) is 0. The predicted molar refractivity (Wildman–Crippen MR) is 77.9 cm³/mol. The van der Waals surface area contributed by atoms with Crippen LogP contribution in [-0.4, -0.2) is 75.6 Å². The number of rotatable bonds is 9. The molecule has 0 radical (unpaired) electrons. The summed E-state index contributed by atoms with van der Waals surface area (Å²) in [5.74, 6) is -0.131. The zero-order valence-corrected chi connectivity index (χ0v) is 13.1. The molecule has 0 fully saturated rings. The Labute approximate surface area is 125 Å². The molecule has 0 bridgehead atoms. The molecular weight excluding hydrogens is 276 g/mol. The van der Waals surface area contributed by atoms with Gasteiger partial charge in [-0.2, -0.15) is 0 Å². The van der Waals surface area contributed by atoms with Gasteiger partial charge in [0.1, 0.15) is 0 Å². The molecule has 0 aliphatic carbocycles. The summed E-state index contributed by atoms with van der Waals surface area (Å²) in [6.45, 7) is 0.783. The average molecular weight is 300 g/mol. The molecule has 21 heavy (non-hydrogen) atoms. The summed E-state index contributed by atoms with van der Waals surface area (Å²) in [6, 6.07) is 0. The number of methoxy groups -OCH3 is 1. The number of likely N-dealkylation sites (N-methyl/N-ethyl adjacent to an activating group) is 2. The largest absolute Gasteiger partial charge is 0.438 e. The lowest BCUT2D eigenvalue weighted by atomic mass is 10.2. The first-order chi connectivity index (χ1) is 9.92. The molecule has 0 aromatic heterocycles. The van der Waals surface area contributed by atoms with Gasteiger partial charge in [0, 0.05) is 34.8 Å². The molecule has 0 saturated heterocycles. The van der Waals surface area contributed by atoms with Gasteiger partial charge in [-0.3, -0.25) is 9.59 Å². The molecule has 1 unspecified atom stereocenters. The minimum Gasteiger partial charge on any atom is -0.438 e. The third-order valence-corrected chi connectivity index (χ3v) is 2.67. The number of ether oxygens (including phenoxy) is 2. The van der Waals surface area contributed by atoms with Crippen molar-refractivity contribution in [3.8, 4) is 0 Å². The monoisotopic (exact) mass is 300 g/mol. The molecule has 0 aliphatic rings. The molecule has 120 valence electrons. The Morgan fingerprint density at radius 1 is 1.24 bits per heavy atom. The van der Waals surface area contributed by atoms with Crippen molar-refractivity contribution in [3.63, 3.8) is 0 Å². The molecule has 7 nitrogen and oxygen atoms in total. The smallest absolute Gasteiger partial charge is 0.410 e. The van der Waals surface area contributed by atoms with Gasteiger partial charge < -0.3 is 19.3 Å². The van der Waals surface area contributed by atoms with E-state index in [2.05, 4.69) is 0 Å². The zero-order valence-electron chi connectivity index (χ0n) is 13.1. The lowest BCUT2D eigenvalue weighted by molar-refractivity contribution is -0.123. The number of allylic oxidation sites excluding steroid dienone is 1. The number of amides is 2. The maximum absolute atomic E-state index is 11.7. The molecule has 0 rings (SSSR count). The number of carbonyl (C=O) groups excluding carboxylic acids is 3. The van der Waals surface area contributed by atoms with Gasteiger partial charge in [-0.05, 0) is 18.9 Å². The first-order valence-electron chi connectivity index (χ1n) is 6.66. The van der Waals surface area contributed by atoms with Crippen LogP contribution in [0.1, 0.15) is 12.8 Å². The standard InChI is InChI=1S/C14H24N2O5/c1-15(2)13(18)8-6-5-7-12(11-17)21-14(19)16(3)9-10-20-4/h6,8,11-12H,5,7,9-10H2,1-4H3. The van der Waals surface area contributed by atoms with Gasteiger partial charge in [-0.1, -0.05) is 6.08 Å². The second-order valence-electron chi connectivity index (χ2n) is 4.69. The minimum absolute atomic E-state index is 0.131. The quantitative estimate of drug-likeness (QED) is 0.462. The summed E-state index contributed by atoms with van der Waals surface area (Å²) < 4.78 is 9.90. The molecule has 1 atom stereocenters. The Kier molecular flexibility index (Phi) is 9.87. The molecule has 0 N–H and O–H groups in total. The summed E-state index contributed by atoms with van der Waals surface area (Å²) in [5.41, 5.74) is 0. The van der Waals surface area contributed by atoms with Crippen molar-refractivity contribution in [1.29, 1.82) is 0 Å². The molecule has 0 heterocycles. The topological polar surface area (TPSA) is 76.1 Å². The summed E-state index contributed by atoms with van der Waals surface area (Å²) in [5, 5.41) is 0. The van der Waals surface area contributed by atoms with Gasteiger partial charge in [0.25, 0.3) is 0 Å². The van der Waals surface area contributed by atoms with Gasteiger partial charge in [-0.15, -0.1) is 0 Å². The molecule has 0 aromatic carbocycles. The third kappa shape index (κ3) is 8.80. The minimum atomic E-state index is -0.818. The van der Waals surface area contributed by atoms with E-state index in [0.29, 0.717) is 32.3 Å². The van der Waals surface area contributed by atoms with E-state index in [9.17, 15) is 14.4 Å². The van der Waals surface area contributed by atoms with Crippen LogP contribution in [0, 0.1) is 0 Å². The average Bonchev–Trinajstić information content (AvgIpc) is 2.46. The molecule has 0 saturated carbocycles. The SMILES string of the molecule is COCCN(C)C(=O)OC(C=O)CCC=CC(=O)N(C)C. The maximum Gasteiger partial charge on any atom is 0.410 e. The Balaban J connectivity index is 4.14. The maximum atomic E-state index is 11.7. The second-order valence-corrected chi connectivity index (χ2v) is 4.69. The normalized spacial score (nSPS) is 12.0. The van der Waals surface area contributed by atoms with Gasteiger partial charge in [-0.25, -0.2) is 4.79 Å². The van der Waals surface area contributed by atoms with E-state index in [-0.39, 0.29) is 5.91 Å². The number of aldehydes is 1. The number of carbonyl (C=O) groups is 3. The molecular formula is C14H24N2O5. The van der Waals surface area contributed by atoms with Crippen LogP contribution in [0.4, 0.5) is 4.79 Å². The lowest BCUT2D eigenvalue weighted by Crippen LogP contribution is -2.33. The van der Waals surface area contributed by atoms with Gasteiger partial charge >= 0.3 is 6.09 Å². The van der Waals surface area contributed by atoms with E-state index >= 15 is 0 Å². The van der Waals surface area contributed by atoms with Crippen molar-refractivity contribution in [1.82, 2.24) is 9.80 Å². The van der Waals surface area contributed by atoms with Crippen LogP contribution in [0.5, 0.6) is 0 Å². The van der Waals surface area contributed by atoms with Crippen molar-refractivity contribution in [2.24, 2.45) is 0 Å². The van der Waals surface area contributed by atoms with Crippen molar-refractivity contribution >= 4 is 18.3 Å². The fourth-order valence-electron chi connectivity index (χ4n) is 1.29. The molecule has 0 aliphatic heterocycles. The first kappa shape index (κ1) is 19.1.